The van der Waals surface area contributed by atoms with E-state index in [9.17, 15) is 9.59 Å². The van der Waals surface area contributed by atoms with Gasteiger partial charge >= 0.3 is 6.03 Å². The van der Waals surface area contributed by atoms with Gasteiger partial charge in [0.15, 0.2) is 0 Å². The molecule has 0 aliphatic heterocycles. The fraction of sp³-hybridized carbons (Fsp3) is 0.750. The van der Waals surface area contributed by atoms with Crippen LogP contribution in [0.3, 0.4) is 0 Å². The van der Waals surface area contributed by atoms with E-state index in [0.717, 1.165) is 6.42 Å². The lowest BCUT2D eigenvalue weighted by molar-refractivity contribution is -0.117. The van der Waals surface area contributed by atoms with Crippen LogP contribution >= 0.6 is 11.6 Å². The number of urea groups is 1. The zero-order chi connectivity index (χ0) is 10.5. The van der Waals surface area contributed by atoms with Crippen LogP contribution < -0.4 is 10.6 Å². The monoisotopic (exact) mass is 206 g/mol. The third-order valence-electron chi connectivity index (χ3n) is 1.71. The van der Waals surface area contributed by atoms with E-state index < -0.39 is 11.9 Å². The zero-order valence-electron chi connectivity index (χ0n) is 8.11. The van der Waals surface area contributed by atoms with Crippen LogP contribution in [-0.4, -0.2) is 23.4 Å². The Kier molecular flexibility index (Phi) is 4.77. The minimum Gasteiger partial charge on any atom is -0.333 e. The lowest BCUT2D eigenvalue weighted by atomic mass is 10.0. The fourth-order valence-electron chi connectivity index (χ4n) is 0.587. The van der Waals surface area contributed by atoms with Gasteiger partial charge < -0.3 is 5.32 Å². The molecule has 3 amide bonds. The summed E-state index contributed by atoms with van der Waals surface area (Å²) in [5.41, 5.74) is -0.309. The zero-order valence-corrected chi connectivity index (χ0v) is 8.86. The van der Waals surface area contributed by atoms with Crippen LogP contribution in [0.5, 0.6) is 0 Å². The van der Waals surface area contributed by atoms with Gasteiger partial charge in [0.1, 0.15) is 5.88 Å². The molecule has 4 nitrogen and oxygen atoms in total. The number of alkyl halides is 1. The van der Waals surface area contributed by atoms with E-state index in [2.05, 4.69) is 10.6 Å². The average Bonchev–Trinajstić information content (AvgIpc) is 2.03. The van der Waals surface area contributed by atoms with Gasteiger partial charge in [0.2, 0.25) is 5.91 Å². The Balaban J connectivity index is 3.94. The maximum absolute atomic E-state index is 11.1. The molecule has 0 rings (SSSR count). The molecule has 76 valence electrons. The average molecular weight is 207 g/mol. The molecule has 0 radical (unpaired) electrons. The minimum absolute atomic E-state index is 0.208. The van der Waals surface area contributed by atoms with Crippen molar-refractivity contribution >= 4 is 23.5 Å². The topological polar surface area (TPSA) is 58.2 Å². The predicted molar refractivity (Wildman–Crippen MR) is 51.8 cm³/mol. The number of halogens is 1. The molecular weight excluding hydrogens is 192 g/mol. The highest BCUT2D eigenvalue weighted by molar-refractivity contribution is 6.28. The first kappa shape index (κ1) is 12.2. The van der Waals surface area contributed by atoms with Crippen molar-refractivity contribution in [1.29, 1.82) is 0 Å². The van der Waals surface area contributed by atoms with Crippen molar-refractivity contribution in [2.45, 2.75) is 32.7 Å². The molecule has 0 spiro atoms. The molecule has 0 fully saturated rings. The number of imide groups is 1. The standard InChI is InChI=1S/C8H15ClN2O2/c1-4-8(2,3)11-7(13)10-6(12)5-9/h4-5H2,1-3H3,(H2,10,11,12,13). The smallest absolute Gasteiger partial charge is 0.321 e. The molecule has 0 saturated heterocycles. The molecule has 0 saturated carbocycles. The van der Waals surface area contributed by atoms with Crippen LogP contribution in [0.25, 0.3) is 0 Å². The van der Waals surface area contributed by atoms with E-state index in [1.54, 1.807) is 0 Å². The largest absolute Gasteiger partial charge is 0.333 e. The van der Waals surface area contributed by atoms with Crippen molar-refractivity contribution in [3.05, 3.63) is 0 Å². The molecule has 5 heteroatoms. The van der Waals surface area contributed by atoms with Crippen LogP contribution in [-0.2, 0) is 4.79 Å². The third kappa shape index (κ3) is 5.47. The molecule has 0 aromatic heterocycles. The summed E-state index contributed by atoms with van der Waals surface area (Å²) in [5, 5.41) is 4.74. The van der Waals surface area contributed by atoms with Gasteiger partial charge in [-0.05, 0) is 20.3 Å². The maximum atomic E-state index is 11.1. The summed E-state index contributed by atoms with van der Waals surface area (Å²) in [4.78, 5) is 21.8. The Labute approximate surface area is 83.0 Å². The van der Waals surface area contributed by atoms with Gasteiger partial charge in [-0.2, -0.15) is 0 Å². The Bertz CT molecular complexity index is 204. The summed E-state index contributed by atoms with van der Waals surface area (Å²) in [7, 11) is 0. The van der Waals surface area contributed by atoms with Crippen molar-refractivity contribution in [2.75, 3.05) is 5.88 Å². The summed E-state index contributed by atoms with van der Waals surface area (Å²) < 4.78 is 0. The number of hydrogen-bond acceptors (Lipinski definition) is 2. The van der Waals surface area contributed by atoms with E-state index in [-0.39, 0.29) is 11.4 Å². The molecule has 13 heavy (non-hydrogen) atoms. The lowest BCUT2D eigenvalue weighted by Crippen LogP contribution is -2.49. The van der Waals surface area contributed by atoms with Crippen molar-refractivity contribution in [3.8, 4) is 0 Å². The highest BCUT2D eigenvalue weighted by Gasteiger charge is 2.18. The highest BCUT2D eigenvalue weighted by Crippen LogP contribution is 2.05. The Morgan fingerprint density at radius 2 is 1.92 bits per heavy atom. The van der Waals surface area contributed by atoms with E-state index in [1.807, 2.05) is 20.8 Å². The fourth-order valence-corrected chi connectivity index (χ4v) is 0.654. The van der Waals surface area contributed by atoms with Gasteiger partial charge in [-0.1, -0.05) is 6.92 Å². The van der Waals surface area contributed by atoms with E-state index in [0.29, 0.717) is 0 Å². The highest BCUT2D eigenvalue weighted by atomic mass is 35.5. The molecule has 0 unspecified atom stereocenters. The van der Waals surface area contributed by atoms with Gasteiger partial charge in [0.05, 0.1) is 0 Å². The van der Waals surface area contributed by atoms with E-state index in [1.165, 1.54) is 0 Å². The maximum Gasteiger partial charge on any atom is 0.321 e. The third-order valence-corrected chi connectivity index (χ3v) is 1.95. The van der Waals surface area contributed by atoms with E-state index >= 15 is 0 Å². The first-order chi connectivity index (χ1) is 5.91. The first-order valence-electron chi connectivity index (χ1n) is 4.09. The second-order valence-electron chi connectivity index (χ2n) is 3.37. The Morgan fingerprint density at radius 3 is 2.31 bits per heavy atom. The number of nitrogens with one attached hydrogen (secondary N) is 2. The summed E-state index contributed by atoms with van der Waals surface area (Å²) in [5.74, 6) is -0.703. The van der Waals surface area contributed by atoms with E-state index in [4.69, 9.17) is 11.6 Å². The number of rotatable bonds is 3. The van der Waals surface area contributed by atoms with Crippen LogP contribution in [0.4, 0.5) is 4.79 Å². The van der Waals surface area contributed by atoms with Crippen LogP contribution in [0.1, 0.15) is 27.2 Å². The Morgan fingerprint density at radius 1 is 1.38 bits per heavy atom. The SMILES string of the molecule is CCC(C)(C)NC(=O)NC(=O)CCl. The molecule has 0 aromatic carbocycles. The summed E-state index contributed by atoms with van der Waals surface area (Å²) in [6.45, 7) is 5.69. The molecular formula is C8H15ClN2O2. The van der Waals surface area contributed by atoms with Crippen LogP contribution in [0.15, 0.2) is 0 Å². The molecule has 0 aliphatic carbocycles. The first-order valence-corrected chi connectivity index (χ1v) is 4.62. The Hall–Kier alpha value is -0.770. The second kappa shape index (κ2) is 5.07. The minimum atomic E-state index is -0.502. The van der Waals surface area contributed by atoms with Gasteiger partial charge in [-0.25, -0.2) is 4.79 Å². The van der Waals surface area contributed by atoms with Gasteiger partial charge in [-0.15, -0.1) is 11.6 Å². The van der Waals surface area contributed by atoms with Crippen molar-refractivity contribution in [1.82, 2.24) is 10.6 Å². The number of hydrogen-bond donors (Lipinski definition) is 2. The van der Waals surface area contributed by atoms with Crippen molar-refractivity contribution < 1.29 is 9.59 Å². The van der Waals surface area contributed by atoms with Gasteiger partial charge in [-0.3, -0.25) is 10.1 Å². The lowest BCUT2D eigenvalue weighted by Gasteiger charge is -2.24. The summed E-state index contributed by atoms with van der Waals surface area (Å²) >= 11 is 5.21. The van der Waals surface area contributed by atoms with Crippen molar-refractivity contribution in [2.24, 2.45) is 0 Å². The molecule has 0 heterocycles. The number of amides is 3. The van der Waals surface area contributed by atoms with Crippen molar-refractivity contribution in [3.63, 3.8) is 0 Å². The quantitative estimate of drug-likeness (QED) is 0.683. The number of carbonyl (C=O) groups is 2. The molecule has 0 atom stereocenters. The van der Waals surface area contributed by atoms with Crippen LogP contribution in [0, 0.1) is 0 Å². The molecule has 0 bridgehead atoms. The predicted octanol–water partition coefficient (Wildman–Crippen LogP) is 1.24. The summed E-state index contributed by atoms with van der Waals surface area (Å²) in [6.07, 6.45) is 0.787. The molecule has 0 aromatic rings. The van der Waals surface area contributed by atoms with Gasteiger partial charge in [0.25, 0.3) is 0 Å². The molecule has 0 aliphatic rings. The summed E-state index contributed by atoms with van der Waals surface area (Å²) in [6, 6.07) is -0.502. The number of carbonyl (C=O) groups excluding carboxylic acids is 2. The second-order valence-corrected chi connectivity index (χ2v) is 3.64. The normalized spacial score (nSPS) is 10.8. The van der Waals surface area contributed by atoms with Gasteiger partial charge in [0, 0.05) is 5.54 Å². The molecule has 2 N–H and O–H groups in total. The van der Waals surface area contributed by atoms with Crippen LogP contribution in [0.2, 0.25) is 0 Å².